The van der Waals surface area contributed by atoms with E-state index in [0.29, 0.717) is 17.7 Å². The molecule has 0 aromatic carbocycles. The maximum absolute atomic E-state index is 11.9. The molecule has 0 bridgehead atoms. The van der Waals surface area contributed by atoms with Crippen molar-refractivity contribution < 1.29 is 19.4 Å². The topological polar surface area (TPSA) is 93.5 Å². The van der Waals surface area contributed by atoms with Crippen LogP contribution in [0.2, 0.25) is 0 Å². The predicted molar refractivity (Wildman–Crippen MR) is 63.4 cm³/mol. The quantitative estimate of drug-likeness (QED) is 0.735. The van der Waals surface area contributed by atoms with Crippen LogP contribution in [0.4, 0.5) is 0 Å². The average molecular weight is 255 g/mol. The first-order chi connectivity index (χ1) is 8.49. The van der Waals surface area contributed by atoms with Gasteiger partial charge >= 0.3 is 5.97 Å². The number of nitrogens with zero attached hydrogens (tertiary/aromatic N) is 2. The summed E-state index contributed by atoms with van der Waals surface area (Å²) < 4.78 is 6.28. The minimum absolute atomic E-state index is 0.0806. The van der Waals surface area contributed by atoms with Crippen LogP contribution in [0.5, 0.6) is 0 Å². The lowest BCUT2D eigenvalue weighted by molar-refractivity contribution is -0.148. The first-order valence-electron chi connectivity index (χ1n) is 5.55. The summed E-state index contributed by atoms with van der Waals surface area (Å²) in [5.74, 6) is -1.46. The summed E-state index contributed by atoms with van der Waals surface area (Å²) >= 11 is 0. The molecule has 0 radical (unpaired) electrons. The van der Waals surface area contributed by atoms with Gasteiger partial charge in [-0.25, -0.2) is 4.79 Å². The number of nitrogens with one attached hydrogen (secondary N) is 1. The SMILES string of the molecule is CCc1nn(C)cc1C(=O)NCC(OC)C(=O)O. The summed E-state index contributed by atoms with van der Waals surface area (Å²) in [6.45, 7) is 1.82. The number of aliphatic carboxylic acids is 1. The summed E-state index contributed by atoms with van der Waals surface area (Å²) in [5, 5.41) is 15.4. The van der Waals surface area contributed by atoms with Crippen molar-refractivity contribution in [2.45, 2.75) is 19.4 Å². The van der Waals surface area contributed by atoms with E-state index in [9.17, 15) is 9.59 Å². The summed E-state index contributed by atoms with van der Waals surface area (Å²) in [4.78, 5) is 22.6. The Labute approximate surface area is 105 Å². The van der Waals surface area contributed by atoms with E-state index in [0.717, 1.165) is 0 Å². The summed E-state index contributed by atoms with van der Waals surface area (Å²) in [7, 11) is 3.01. The minimum Gasteiger partial charge on any atom is -0.479 e. The number of hydrogen-bond donors (Lipinski definition) is 2. The van der Waals surface area contributed by atoms with Crippen molar-refractivity contribution in [2.75, 3.05) is 13.7 Å². The fourth-order valence-corrected chi connectivity index (χ4v) is 1.54. The van der Waals surface area contributed by atoms with Crippen molar-refractivity contribution >= 4 is 11.9 Å². The number of rotatable bonds is 6. The van der Waals surface area contributed by atoms with Crippen molar-refractivity contribution in [3.05, 3.63) is 17.5 Å². The number of methoxy groups -OCH3 is 1. The molecule has 7 heteroatoms. The van der Waals surface area contributed by atoms with E-state index < -0.39 is 12.1 Å². The van der Waals surface area contributed by atoms with Gasteiger partial charge in [-0.15, -0.1) is 0 Å². The van der Waals surface area contributed by atoms with Gasteiger partial charge in [-0.05, 0) is 6.42 Å². The van der Waals surface area contributed by atoms with Crippen LogP contribution in [0.3, 0.4) is 0 Å². The van der Waals surface area contributed by atoms with Crippen molar-refractivity contribution in [3.63, 3.8) is 0 Å². The molecule has 1 rings (SSSR count). The number of carboxylic acids is 1. The van der Waals surface area contributed by atoms with E-state index in [1.807, 2.05) is 6.92 Å². The molecular formula is C11H17N3O4. The molecule has 100 valence electrons. The molecule has 1 amide bonds. The van der Waals surface area contributed by atoms with E-state index in [-0.39, 0.29) is 12.5 Å². The summed E-state index contributed by atoms with van der Waals surface area (Å²) in [5.41, 5.74) is 1.14. The largest absolute Gasteiger partial charge is 0.479 e. The molecule has 0 saturated carbocycles. The third kappa shape index (κ3) is 3.30. The van der Waals surface area contributed by atoms with E-state index in [1.54, 1.807) is 17.9 Å². The molecule has 2 N–H and O–H groups in total. The van der Waals surface area contributed by atoms with Crippen molar-refractivity contribution in [3.8, 4) is 0 Å². The van der Waals surface area contributed by atoms with Crippen molar-refractivity contribution in [1.82, 2.24) is 15.1 Å². The zero-order valence-electron chi connectivity index (χ0n) is 10.6. The Morgan fingerprint density at radius 3 is 2.78 bits per heavy atom. The molecule has 1 heterocycles. The zero-order valence-corrected chi connectivity index (χ0v) is 10.6. The number of hydrogen-bond acceptors (Lipinski definition) is 4. The van der Waals surface area contributed by atoms with Crippen molar-refractivity contribution in [2.24, 2.45) is 7.05 Å². The molecule has 18 heavy (non-hydrogen) atoms. The van der Waals surface area contributed by atoms with Gasteiger partial charge in [0.15, 0.2) is 6.10 Å². The van der Waals surface area contributed by atoms with Crippen LogP contribution >= 0.6 is 0 Å². The lowest BCUT2D eigenvalue weighted by atomic mass is 10.2. The van der Waals surface area contributed by atoms with E-state index in [1.165, 1.54) is 7.11 Å². The van der Waals surface area contributed by atoms with Gasteiger partial charge in [0.1, 0.15) is 0 Å². The maximum Gasteiger partial charge on any atom is 0.334 e. The molecular weight excluding hydrogens is 238 g/mol. The summed E-state index contributed by atoms with van der Waals surface area (Å²) in [6.07, 6.45) is 1.20. The normalized spacial score (nSPS) is 12.2. The molecule has 1 unspecified atom stereocenters. The molecule has 0 aliphatic carbocycles. The molecule has 7 nitrogen and oxygen atoms in total. The van der Waals surface area contributed by atoms with Crippen LogP contribution < -0.4 is 5.32 Å². The van der Waals surface area contributed by atoms with Crippen molar-refractivity contribution in [1.29, 1.82) is 0 Å². The Hall–Kier alpha value is -1.89. The van der Waals surface area contributed by atoms with Crippen LogP contribution in [-0.2, 0) is 23.0 Å². The number of carboxylic acid groups (broad SMARTS) is 1. The Kier molecular flexibility index (Phi) is 4.85. The van der Waals surface area contributed by atoms with E-state index in [4.69, 9.17) is 9.84 Å². The average Bonchev–Trinajstić information content (AvgIpc) is 2.70. The minimum atomic E-state index is -1.11. The highest BCUT2D eigenvalue weighted by molar-refractivity contribution is 5.95. The summed E-state index contributed by atoms with van der Waals surface area (Å²) in [6, 6.07) is 0. The van der Waals surface area contributed by atoms with Gasteiger partial charge in [0, 0.05) is 20.4 Å². The molecule has 1 aromatic rings. The highest BCUT2D eigenvalue weighted by Gasteiger charge is 2.19. The Balaban J connectivity index is 2.67. The zero-order chi connectivity index (χ0) is 13.7. The van der Waals surface area contributed by atoms with E-state index >= 15 is 0 Å². The third-order valence-electron chi connectivity index (χ3n) is 2.49. The van der Waals surface area contributed by atoms with Gasteiger partial charge < -0.3 is 15.2 Å². The smallest absolute Gasteiger partial charge is 0.334 e. The molecule has 0 aliphatic heterocycles. The Bertz CT molecular complexity index is 441. The predicted octanol–water partition coefficient (Wildman–Crippen LogP) is -0.188. The van der Waals surface area contributed by atoms with Gasteiger partial charge in [-0.2, -0.15) is 5.10 Å². The number of amides is 1. The second-order valence-corrected chi connectivity index (χ2v) is 3.79. The Morgan fingerprint density at radius 2 is 2.28 bits per heavy atom. The lowest BCUT2D eigenvalue weighted by Crippen LogP contribution is -2.38. The highest BCUT2D eigenvalue weighted by Crippen LogP contribution is 2.06. The third-order valence-corrected chi connectivity index (χ3v) is 2.49. The number of aromatic nitrogens is 2. The lowest BCUT2D eigenvalue weighted by Gasteiger charge is -2.11. The number of carbonyl (C=O) groups excluding carboxylic acids is 1. The molecule has 0 spiro atoms. The second-order valence-electron chi connectivity index (χ2n) is 3.79. The molecule has 1 aromatic heterocycles. The number of carbonyl (C=O) groups is 2. The molecule has 0 fully saturated rings. The van der Waals surface area contributed by atoms with Gasteiger partial charge in [0.2, 0.25) is 0 Å². The fraction of sp³-hybridized carbons (Fsp3) is 0.545. The van der Waals surface area contributed by atoms with Gasteiger partial charge in [0.25, 0.3) is 5.91 Å². The fourth-order valence-electron chi connectivity index (χ4n) is 1.54. The number of ether oxygens (including phenoxy) is 1. The number of aryl methyl sites for hydroxylation is 2. The maximum atomic E-state index is 11.9. The van der Waals surface area contributed by atoms with Crippen LogP contribution in [0.1, 0.15) is 23.0 Å². The first-order valence-corrected chi connectivity index (χ1v) is 5.55. The van der Waals surface area contributed by atoms with Crippen LogP contribution in [0.15, 0.2) is 6.20 Å². The molecule has 1 atom stereocenters. The highest BCUT2D eigenvalue weighted by atomic mass is 16.5. The molecule has 0 aliphatic rings. The monoisotopic (exact) mass is 255 g/mol. The second kappa shape index (κ2) is 6.15. The standard InChI is InChI=1S/C11H17N3O4/c1-4-8-7(6-14(2)13-8)10(15)12-5-9(18-3)11(16)17/h6,9H,4-5H2,1-3H3,(H,12,15)(H,16,17). The van der Waals surface area contributed by atoms with Gasteiger partial charge in [0.05, 0.1) is 17.8 Å². The first kappa shape index (κ1) is 14.2. The van der Waals surface area contributed by atoms with Gasteiger partial charge in [-0.1, -0.05) is 6.92 Å². The van der Waals surface area contributed by atoms with E-state index in [2.05, 4.69) is 10.4 Å². The molecule has 0 saturated heterocycles. The van der Waals surface area contributed by atoms with Crippen LogP contribution in [-0.4, -0.2) is 46.5 Å². The van der Waals surface area contributed by atoms with Crippen LogP contribution in [0.25, 0.3) is 0 Å². The Morgan fingerprint density at radius 1 is 1.61 bits per heavy atom. The van der Waals surface area contributed by atoms with Gasteiger partial charge in [-0.3, -0.25) is 9.48 Å². The van der Waals surface area contributed by atoms with Crippen LogP contribution in [0, 0.1) is 0 Å².